The molecule has 25 heavy (non-hydrogen) atoms. The Balaban J connectivity index is 1.81. The van der Waals surface area contributed by atoms with Gasteiger partial charge >= 0.3 is 12.1 Å². The summed E-state index contributed by atoms with van der Waals surface area (Å²) in [4.78, 5) is 24.2. The van der Waals surface area contributed by atoms with E-state index in [0.29, 0.717) is 6.42 Å². The Hall–Kier alpha value is -2.82. The first-order valence-corrected chi connectivity index (χ1v) is 8.37. The summed E-state index contributed by atoms with van der Waals surface area (Å²) < 4.78 is 10.5. The van der Waals surface area contributed by atoms with Crippen LogP contribution in [0, 0.1) is 0 Å². The van der Waals surface area contributed by atoms with Crippen molar-refractivity contribution >= 4 is 12.1 Å². The van der Waals surface area contributed by atoms with Crippen LogP contribution in [-0.4, -0.2) is 18.1 Å². The highest BCUT2D eigenvalue weighted by Gasteiger charge is 2.22. The van der Waals surface area contributed by atoms with Gasteiger partial charge in [0.2, 0.25) is 0 Å². The minimum Gasteiger partial charge on any atom is -0.459 e. The van der Waals surface area contributed by atoms with Gasteiger partial charge in [-0.15, -0.1) is 0 Å². The van der Waals surface area contributed by atoms with E-state index in [1.165, 1.54) is 0 Å². The van der Waals surface area contributed by atoms with E-state index in [-0.39, 0.29) is 13.2 Å². The van der Waals surface area contributed by atoms with E-state index < -0.39 is 18.1 Å². The molecule has 2 rings (SSSR count). The maximum absolute atomic E-state index is 12.2. The van der Waals surface area contributed by atoms with Crippen molar-refractivity contribution in [1.82, 2.24) is 5.32 Å². The summed E-state index contributed by atoms with van der Waals surface area (Å²) in [5.41, 5.74) is 1.79. The van der Waals surface area contributed by atoms with Crippen molar-refractivity contribution in [3.63, 3.8) is 0 Å². The molecule has 0 heterocycles. The first kappa shape index (κ1) is 18.5. The number of esters is 1. The first-order chi connectivity index (χ1) is 12.2. The van der Waals surface area contributed by atoms with Crippen LogP contribution in [-0.2, 0) is 27.5 Å². The molecule has 1 atom stereocenters. The minimum atomic E-state index is -0.711. The molecule has 2 aromatic carbocycles. The average molecular weight is 341 g/mol. The van der Waals surface area contributed by atoms with Crippen LogP contribution in [0.5, 0.6) is 0 Å². The second kappa shape index (κ2) is 10.1. The second-order valence-corrected chi connectivity index (χ2v) is 5.64. The molecule has 1 amide bonds. The summed E-state index contributed by atoms with van der Waals surface area (Å²) >= 11 is 0. The molecule has 0 aliphatic rings. The maximum Gasteiger partial charge on any atom is 0.408 e. The highest BCUT2D eigenvalue weighted by Crippen LogP contribution is 2.06. The zero-order valence-corrected chi connectivity index (χ0v) is 14.3. The lowest BCUT2D eigenvalue weighted by Gasteiger charge is -2.17. The molecule has 0 spiro atoms. The topological polar surface area (TPSA) is 64.6 Å². The molecule has 132 valence electrons. The van der Waals surface area contributed by atoms with Crippen LogP contribution in [0.15, 0.2) is 60.7 Å². The smallest absolute Gasteiger partial charge is 0.408 e. The number of amides is 1. The molecule has 0 unspecified atom stereocenters. The number of rotatable bonds is 8. The number of hydrogen-bond donors (Lipinski definition) is 1. The SMILES string of the molecule is CCC[C@H](NC(=O)OCc1ccccc1)C(=O)OCc1ccccc1. The molecule has 2 aromatic rings. The van der Waals surface area contributed by atoms with Crippen LogP contribution >= 0.6 is 0 Å². The third-order valence-corrected chi connectivity index (χ3v) is 3.59. The van der Waals surface area contributed by atoms with Crippen molar-refractivity contribution < 1.29 is 19.1 Å². The molecule has 0 fully saturated rings. The third kappa shape index (κ3) is 6.67. The van der Waals surface area contributed by atoms with Gasteiger partial charge < -0.3 is 14.8 Å². The summed E-state index contributed by atoms with van der Waals surface area (Å²) in [6.07, 6.45) is 0.608. The Morgan fingerprint density at radius 3 is 1.92 bits per heavy atom. The van der Waals surface area contributed by atoms with Crippen LogP contribution < -0.4 is 5.32 Å². The van der Waals surface area contributed by atoms with Crippen LogP contribution in [0.25, 0.3) is 0 Å². The van der Waals surface area contributed by atoms with Gasteiger partial charge in [0.25, 0.3) is 0 Å². The van der Waals surface area contributed by atoms with E-state index in [9.17, 15) is 9.59 Å². The fraction of sp³-hybridized carbons (Fsp3) is 0.300. The van der Waals surface area contributed by atoms with Gasteiger partial charge in [0, 0.05) is 0 Å². The number of ether oxygens (including phenoxy) is 2. The second-order valence-electron chi connectivity index (χ2n) is 5.64. The molecule has 5 heteroatoms. The zero-order valence-electron chi connectivity index (χ0n) is 14.3. The lowest BCUT2D eigenvalue weighted by molar-refractivity contribution is -0.147. The van der Waals surface area contributed by atoms with Crippen molar-refractivity contribution in [3.8, 4) is 0 Å². The number of benzene rings is 2. The van der Waals surface area contributed by atoms with Crippen LogP contribution in [0.2, 0.25) is 0 Å². The largest absolute Gasteiger partial charge is 0.459 e. The fourth-order valence-corrected chi connectivity index (χ4v) is 2.27. The molecule has 0 saturated carbocycles. The number of nitrogens with one attached hydrogen (secondary N) is 1. The van der Waals surface area contributed by atoms with Gasteiger partial charge in [0.1, 0.15) is 19.3 Å². The number of carbonyl (C=O) groups is 2. The molecule has 0 aromatic heterocycles. The monoisotopic (exact) mass is 341 g/mol. The van der Waals surface area contributed by atoms with Crippen LogP contribution in [0.3, 0.4) is 0 Å². The van der Waals surface area contributed by atoms with Gasteiger partial charge in [0.15, 0.2) is 0 Å². The number of hydrogen-bond acceptors (Lipinski definition) is 4. The van der Waals surface area contributed by atoms with Crippen molar-refractivity contribution in [2.24, 2.45) is 0 Å². The maximum atomic E-state index is 12.2. The molecule has 5 nitrogen and oxygen atoms in total. The lowest BCUT2D eigenvalue weighted by Crippen LogP contribution is -2.41. The normalized spacial score (nSPS) is 11.4. The summed E-state index contributed by atoms with van der Waals surface area (Å²) in [6, 6.07) is 18.1. The van der Waals surface area contributed by atoms with Gasteiger partial charge in [0.05, 0.1) is 0 Å². The standard InChI is InChI=1S/C20H23NO4/c1-2-9-18(19(22)24-14-16-10-5-3-6-11-16)21-20(23)25-15-17-12-7-4-8-13-17/h3-8,10-13,18H,2,9,14-15H2,1H3,(H,21,23)/t18-/m0/s1. The quantitative estimate of drug-likeness (QED) is 0.741. The Bertz CT molecular complexity index is 658. The van der Waals surface area contributed by atoms with E-state index in [1.54, 1.807) is 0 Å². The molecule has 0 aliphatic carbocycles. The predicted molar refractivity (Wildman–Crippen MR) is 94.7 cm³/mol. The molecular formula is C20H23NO4. The molecule has 0 bridgehead atoms. The Kier molecular flexibility index (Phi) is 7.50. The predicted octanol–water partition coefficient (Wildman–Crippen LogP) is 3.82. The van der Waals surface area contributed by atoms with Gasteiger partial charge in [-0.05, 0) is 17.5 Å². The average Bonchev–Trinajstić information content (AvgIpc) is 2.66. The van der Waals surface area contributed by atoms with E-state index >= 15 is 0 Å². The van der Waals surface area contributed by atoms with E-state index in [2.05, 4.69) is 5.32 Å². The highest BCUT2D eigenvalue weighted by molar-refractivity contribution is 5.81. The van der Waals surface area contributed by atoms with Gasteiger partial charge in [-0.1, -0.05) is 74.0 Å². The number of alkyl carbamates (subject to hydrolysis) is 1. The fourth-order valence-electron chi connectivity index (χ4n) is 2.27. The molecular weight excluding hydrogens is 318 g/mol. The van der Waals surface area contributed by atoms with Crippen molar-refractivity contribution in [2.75, 3.05) is 0 Å². The van der Waals surface area contributed by atoms with Gasteiger partial charge in [-0.3, -0.25) is 0 Å². The Morgan fingerprint density at radius 1 is 0.880 bits per heavy atom. The summed E-state index contributed by atoms with van der Waals surface area (Å²) in [7, 11) is 0. The van der Waals surface area contributed by atoms with Crippen LogP contribution in [0.4, 0.5) is 4.79 Å². The molecule has 0 radical (unpaired) electrons. The Labute approximate surface area is 148 Å². The van der Waals surface area contributed by atoms with E-state index in [1.807, 2.05) is 67.6 Å². The van der Waals surface area contributed by atoms with E-state index in [0.717, 1.165) is 17.5 Å². The summed E-state index contributed by atoms with van der Waals surface area (Å²) in [6.45, 7) is 2.28. The molecule has 0 aliphatic heterocycles. The lowest BCUT2D eigenvalue weighted by atomic mass is 10.1. The van der Waals surface area contributed by atoms with Gasteiger partial charge in [-0.25, -0.2) is 9.59 Å². The molecule has 1 N–H and O–H groups in total. The highest BCUT2D eigenvalue weighted by atomic mass is 16.6. The summed E-state index contributed by atoms with van der Waals surface area (Å²) in [5, 5.41) is 2.59. The van der Waals surface area contributed by atoms with Crippen molar-refractivity contribution in [1.29, 1.82) is 0 Å². The third-order valence-electron chi connectivity index (χ3n) is 3.59. The van der Waals surface area contributed by atoms with Crippen molar-refractivity contribution in [2.45, 2.75) is 39.0 Å². The number of carbonyl (C=O) groups excluding carboxylic acids is 2. The molecule has 0 saturated heterocycles. The van der Waals surface area contributed by atoms with E-state index in [4.69, 9.17) is 9.47 Å². The van der Waals surface area contributed by atoms with Crippen LogP contribution in [0.1, 0.15) is 30.9 Å². The van der Waals surface area contributed by atoms with Gasteiger partial charge in [-0.2, -0.15) is 0 Å². The first-order valence-electron chi connectivity index (χ1n) is 8.37. The minimum absolute atomic E-state index is 0.157. The zero-order chi connectivity index (χ0) is 17.9. The Morgan fingerprint density at radius 2 is 1.40 bits per heavy atom. The van der Waals surface area contributed by atoms with Crippen molar-refractivity contribution in [3.05, 3.63) is 71.8 Å². The summed E-state index contributed by atoms with van der Waals surface area (Å²) in [5.74, 6) is -0.456.